The average Bonchev–Trinajstić information content (AvgIpc) is 3.76. The zero-order valence-corrected chi connectivity index (χ0v) is 34.9. The highest BCUT2D eigenvalue weighted by atomic mass is 31.2. The van der Waals surface area contributed by atoms with Crippen molar-refractivity contribution in [3.8, 4) is 11.8 Å². The van der Waals surface area contributed by atoms with Crippen molar-refractivity contribution < 1.29 is 47.3 Å². The van der Waals surface area contributed by atoms with E-state index in [1.165, 1.54) is 49.9 Å². The molecule has 15 nitrogen and oxygen atoms in total. The Labute approximate surface area is 336 Å². The Morgan fingerprint density at radius 3 is 2.42 bits per heavy atom. The van der Waals surface area contributed by atoms with E-state index in [4.69, 9.17) is 28.0 Å². The maximum Gasteiger partial charge on any atom is 0.459 e. The quantitative estimate of drug-likeness (QED) is 0.0472. The molecule has 2 N–H and O–H groups in total. The van der Waals surface area contributed by atoms with Crippen molar-refractivity contribution >= 4 is 25.2 Å². The van der Waals surface area contributed by atoms with E-state index in [-0.39, 0.29) is 37.0 Å². The second-order valence-corrected chi connectivity index (χ2v) is 16.2. The monoisotopic (exact) mass is 813 g/mol. The number of nitrogens with one attached hydrogen (secondary N) is 1. The third kappa shape index (κ3) is 12.8. The Bertz CT molecular complexity index is 1780. The lowest BCUT2D eigenvalue weighted by Gasteiger charge is -2.26. The largest absolute Gasteiger partial charge is 0.464 e. The lowest BCUT2D eigenvalue weighted by Crippen LogP contribution is -2.43. The molecule has 57 heavy (non-hydrogen) atoms. The van der Waals surface area contributed by atoms with Gasteiger partial charge in [0.2, 0.25) is 5.60 Å². The highest BCUT2D eigenvalue weighted by molar-refractivity contribution is 7.52. The molecule has 4 rings (SSSR count). The van der Waals surface area contributed by atoms with Gasteiger partial charge in [-0.15, -0.1) is 0 Å². The molecule has 3 aromatic rings. The first-order valence-electron chi connectivity index (χ1n) is 20.3. The maximum absolute atomic E-state index is 14.4. The summed E-state index contributed by atoms with van der Waals surface area (Å²) in [6.45, 7) is 9.65. The SMILES string of the molecule is CCCCCCCCCCOCCC(=O)O[C@H]1[C@@H](O)[C@](C#N)(c2ccc3c(C)ncnn23)O[C@@H]1COP(=O)(N[C@H](C)C(=O)OCC(CC)CC)Oc1ccccc1. The molecule has 3 heterocycles. The van der Waals surface area contributed by atoms with Crippen LogP contribution in [0.2, 0.25) is 0 Å². The van der Waals surface area contributed by atoms with Crippen LogP contribution in [0.15, 0.2) is 48.8 Å². The fourth-order valence-corrected chi connectivity index (χ4v) is 8.11. The zero-order valence-electron chi connectivity index (χ0n) is 34.0. The minimum atomic E-state index is -4.42. The number of hydrogen-bond donors (Lipinski definition) is 2. The van der Waals surface area contributed by atoms with Crippen LogP contribution in [0.25, 0.3) is 5.52 Å². The minimum Gasteiger partial charge on any atom is -0.464 e. The second-order valence-electron chi connectivity index (χ2n) is 14.5. The van der Waals surface area contributed by atoms with Gasteiger partial charge in [0.05, 0.1) is 43.1 Å². The van der Waals surface area contributed by atoms with Crippen molar-refractivity contribution in [3.05, 3.63) is 60.2 Å². The molecule has 6 atom stereocenters. The van der Waals surface area contributed by atoms with Crippen LogP contribution in [0, 0.1) is 24.2 Å². The Morgan fingerprint density at radius 1 is 1.04 bits per heavy atom. The van der Waals surface area contributed by atoms with Gasteiger partial charge >= 0.3 is 19.7 Å². The minimum absolute atomic E-state index is 0.0956. The van der Waals surface area contributed by atoms with Gasteiger partial charge in [-0.25, -0.2) is 14.1 Å². The van der Waals surface area contributed by atoms with Crippen LogP contribution in [0.1, 0.15) is 110 Å². The van der Waals surface area contributed by atoms with E-state index >= 15 is 0 Å². The van der Waals surface area contributed by atoms with Gasteiger partial charge in [0, 0.05) is 6.61 Å². The second kappa shape index (κ2) is 22.9. The van der Waals surface area contributed by atoms with Gasteiger partial charge in [-0.2, -0.15) is 15.4 Å². The van der Waals surface area contributed by atoms with Gasteiger partial charge in [-0.1, -0.05) is 96.8 Å². The number of esters is 2. The van der Waals surface area contributed by atoms with Crippen LogP contribution in [-0.2, 0) is 43.2 Å². The number of aryl methyl sites for hydroxylation is 1. The van der Waals surface area contributed by atoms with Gasteiger partial charge in [0.25, 0.3) is 0 Å². The van der Waals surface area contributed by atoms with Gasteiger partial charge < -0.3 is 28.6 Å². The van der Waals surface area contributed by atoms with Crippen LogP contribution in [0.5, 0.6) is 5.75 Å². The standard InChI is InChI=1S/C41H60N5O10P/c1-6-9-10-11-12-13-14-18-24-51-25-23-37(47)54-38-35(55-41(28-42,39(38)48)36-22-21-34-30(4)43-29-44-46(34)36)27-53-57(50,56-33-19-16-15-17-20-33)45-31(5)40(49)52-26-32(7-2)8-3/h15-17,19-22,29,31-32,35,38-39,48H,6-14,18,23-27H2,1-5H3,(H,45,50)/t31-,35-,38-,39-,41+,57?/m1/s1. The first-order valence-corrected chi connectivity index (χ1v) is 21.8. The molecule has 1 aliphatic rings. The first-order chi connectivity index (χ1) is 27.5. The number of para-hydroxylation sites is 1. The number of unbranched alkanes of at least 4 members (excludes halogenated alkanes) is 7. The molecule has 0 saturated carbocycles. The van der Waals surface area contributed by atoms with E-state index in [9.17, 15) is 24.5 Å². The lowest BCUT2D eigenvalue weighted by molar-refractivity contribution is -0.157. The number of rotatable bonds is 26. The number of aromatic nitrogens is 3. The smallest absolute Gasteiger partial charge is 0.459 e. The summed E-state index contributed by atoms with van der Waals surface area (Å²) in [5, 5.41) is 29.5. The number of nitrogens with zero attached hydrogens (tertiary/aromatic N) is 4. The summed E-state index contributed by atoms with van der Waals surface area (Å²) in [5.41, 5.74) is -0.770. The summed E-state index contributed by atoms with van der Waals surface area (Å²) < 4.78 is 50.9. The number of nitriles is 1. The molecule has 0 amide bonds. The number of carbonyl (C=O) groups excluding carboxylic acids is 2. The van der Waals surface area contributed by atoms with Crippen molar-refractivity contribution in [2.24, 2.45) is 5.92 Å². The molecular weight excluding hydrogens is 753 g/mol. The molecule has 0 spiro atoms. The van der Waals surface area contributed by atoms with Crippen LogP contribution in [0.4, 0.5) is 0 Å². The summed E-state index contributed by atoms with van der Waals surface area (Å²) in [4.78, 5) is 30.5. The highest BCUT2D eigenvalue weighted by Gasteiger charge is 2.60. The Kier molecular flexibility index (Phi) is 18.4. The average molecular weight is 814 g/mol. The number of carbonyl (C=O) groups is 2. The van der Waals surface area contributed by atoms with E-state index in [2.05, 4.69) is 28.2 Å². The molecule has 16 heteroatoms. The molecule has 1 aliphatic heterocycles. The maximum atomic E-state index is 14.4. The Balaban J connectivity index is 1.50. The molecule has 1 saturated heterocycles. The van der Waals surface area contributed by atoms with Crippen molar-refractivity contribution in [3.63, 3.8) is 0 Å². The summed E-state index contributed by atoms with van der Waals surface area (Å²) in [5.74, 6) is -1.02. The molecule has 0 radical (unpaired) electrons. The topological polar surface area (TPSA) is 193 Å². The molecule has 1 aromatic carbocycles. The number of aliphatic hydroxyl groups is 1. The van der Waals surface area contributed by atoms with Crippen molar-refractivity contribution in [2.75, 3.05) is 26.4 Å². The number of ether oxygens (including phenoxy) is 4. The predicted octanol–water partition coefficient (Wildman–Crippen LogP) is 7.14. The van der Waals surface area contributed by atoms with E-state index in [0.717, 1.165) is 32.1 Å². The Morgan fingerprint density at radius 2 is 1.74 bits per heavy atom. The summed E-state index contributed by atoms with van der Waals surface area (Å²) in [6.07, 6.45) is 7.54. The van der Waals surface area contributed by atoms with Crippen molar-refractivity contribution in [2.45, 2.75) is 135 Å². The van der Waals surface area contributed by atoms with Crippen LogP contribution in [0.3, 0.4) is 0 Å². The molecule has 0 aliphatic carbocycles. The van der Waals surface area contributed by atoms with Gasteiger partial charge in [0.1, 0.15) is 36.4 Å². The van der Waals surface area contributed by atoms with Crippen LogP contribution in [-0.4, -0.2) is 82.4 Å². The molecular formula is C41H60N5O10P. The van der Waals surface area contributed by atoms with Crippen molar-refractivity contribution in [1.29, 1.82) is 5.26 Å². The van der Waals surface area contributed by atoms with Crippen LogP contribution < -0.4 is 9.61 Å². The van der Waals surface area contributed by atoms with E-state index in [0.29, 0.717) is 17.8 Å². The Hall–Kier alpha value is -3.90. The lowest BCUT2D eigenvalue weighted by atomic mass is 9.92. The zero-order chi connectivity index (χ0) is 41.3. The highest BCUT2D eigenvalue weighted by Crippen LogP contribution is 2.48. The predicted molar refractivity (Wildman–Crippen MR) is 212 cm³/mol. The first kappa shape index (κ1) is 45.8. The number of fused-ring (bicyclic) bond motifs is 1. The molecule has 2 aromatic heterocycles. The van der Waals surface area contributed by atoms with E-state index < -0.39 is 56.2 Å². The third-order valence-corrected chi connectivity index (χ3v) is 11.8. The van der Waals surface area contributed by atoms with Gasteiger partial charge in [0.15, 0.2) is 6.10 Å². The molecule has 1 unspecified atom stereocenters. The molecule has 0 bridgehead atoms. The number of aliphatic hydroxyl groups excluding tert-OH is 1. The van der Waals surface area contributed by atoms with Crippen molar-refractivity contribution in [1.82, 2.24) is 19.7 Å². The van der Waals surface area contributed by atoms with Crippen LogP contribution >= 0.6 is 7.75 Å². The van der Waals surface area contributed by atoms with E-state index in [1.54, 1.807) is 49.4 Å². The summed E-state index contributed by atoms with van der Waals surface area (Å²) in [7, 11) is -4.42. The van der Waals surface area contributed by atoms with Gasteiger partial charge in [-0.3, -0.25) is 14.1 Å². The van der Waals surface area contributed by atoms with Gasteiger partial charge in [-0.05, 0) is 50.5 Å². The normalized spacial score (nSPS) is 20.9. The number of benzene rings is 1. The molecule has 314 valence electrons. The third-order valence-electron chi connectivity index (χ3n) is 10.2. The summed E-state index contributed by atoms with van der Waals surface area (Å²) >= 11 is 0. The fraction of sp³-hybridized carbons (Fsp3) is 0.634. The molecule has 1 fully saturated rings. The number of hydrogen-bond acceptors (Lipinski definition) is 13. The fourth-order valence-electron chi connectivity index (χ4n) is 6.61. The van der Waals surface area contributed by atoms with E-state index in [1.807, 2.05) is 13.8 Å². The summed E-state index contributed by atoms with van der Waals surface area (Å²) in [6, 6.07) is 12.4.